The van der Waals surface area contributed by atoms with Gasteiger partial charge in [0, 0.05) is 10.8 Å². The fraction of sp³-hybridized carbons (Fsp3) is 1.00. The summed E-state index contributed by atoms with van der Waals surface area (Å²) in [6.07, 6.45) is -3.24. The van der Waals surface area contributed by atoms with Gasteiger partial charge in [0.25, 0.3) is 0 Å². The van der Waals surface area contributed by atoms with Gasteiger partial charge in [0.1, 0.15) is 0 Å². The van der Waals surface area contributed by atoms with Crippen molar-refractivity contribution in [2.45, 2.75) is 38.1 Å². The first kappa shape index (κ1) is 12.5. The van der Waals surface area contributed by atoms with E-state index in [-0.39, 0.29) is 11.8 Å². The van der Waals surface area contributed by atoms with E-state index in [9.17, 15) is 18.3 Å². The number of fused-ring (bicyclic) bond motifs is 2. The number of azide groups is 1. The molecule has 0 saturated heterocycles. The Hall–Kier alpha value is -0.940. The van der Waals surface area contributed by atoms with Crippen molar-refractivity contribution in [2.24, 2.45) is 28.8 Å². The van der Waals surface area contributed by atoms with Crippen LogP contribution in [0.3, 0.4) is 0 Å². The SMILES string of the molecule is C[C@@H]1CC2CC1CC2C(O)(N=[N+]=[N-])C(F)(F)F. The molecule has 7 heteroatoms. The Morgan fingerprint density at radius 1 is 1.24 bits per heavy atom. The number of hydrogen-bond donors (Lipinski definition) is 1. The fourth-order valence-electron chi connectivity index (χ4n) is 3.47. The molecule has 0 amide bonds. The largest absolute Gasteiger partial charge is 0.423 e. The summed E-state index contributed by atoms with van der Waals surface area (Å²) in [7, 11) is 0. The molecular formula is C10H14F3N3O. The lowest BCUT2D eigenvalue weighted by Crippen LogP contribution is -2.51. The molecule has 2 rings (SSSR count). The average Bonchev–Trinajstić information content (AvgIpc) is 2.74. The molecule has 0 aromatic rings. The first-order valence-electron chi connectivity index (χ1n) is 5.65. The van der Waals surface area contributed by atoms with Crippen LogP contribution in [0.2, 0.25) is 0 Å². The molecule has 4 nitrogen and oxygen atoms in total. The summed E-state index contributed by atoms with van der Waals surface area (Å²) < 4.78 is 38.5. The molecule has 0 aromatic carbocycles. The Balaban J connectivity index is 2.29. The van der Waals surface area contributed by atoms with Gasteiger partial charge < -0.3 is 5.11 Å². The fourth-order valence-corrected chi connectivity index (χ4v) is 3.47. The molecule has 2 aliphatic rings. The summed E-state index contributed by atoms with van der Waals surface area (Å²) >= 11 is 0. The van der Waals surface area contributed by atoms with Crippen LogP contribution in [0, 0.1) is 23.7 Å². The van der Waals surface area contributed by atoms with Crippen LogP contribution in [0.5, 0.6) is 0 Å². The minimum Gasteiger partial charge on any atom is -0.376 e. The predicted molar refractivity (Wildman–Crippen MR) is 53.6 cm³/mol. The van der Waals surface area contributed by atoms with Crippen LogP contribution in [0.4, 0.5) is 13.2 Å². The Morgan fingerprint density at radius 3 is 2.24 bits per heavy atom. The lowest BCUT2D eigenvalue weighted by atomic mass is 9.77. The van der Waals surface area contributed by atoms with Crippen molar-refractivity contribution in [3.05, 3.63) is 10.4 Å². The molecule has 0 spiro atoms. The van der Waals surface area contributed by atoms with Crippen molar-refractivity contribution in [3.63, 3.8) is 0 Å². The van der Waals surface area contributed by atoms with Crippen LogP contribution in [0.25, 0.3) is 10.4 Å². The van der Waals surface area contributed by atoms with Gasteiger partial charge in [-0.05, 0) is 47.7 Å². The predicted octanol–water partition coefficient (Wildman–Crippen LogP) is 3.23. The lowest BCUT2D eigenvalue weighted by molar-refractivity contribution is -0.282. The van der Waals surface area contributed by atoms with Crippen molar-refractivity contribution in [1.29, 1.82) is 0 Å². The highest BCUT2D eigenvalue weighted by Gasteiger charge is 2.63. The number of halogens is 3. The van der Waals surface area contributed by atoms with Crippen LogP contribution in [0.1, 0.15) is 26.2 Å². The summed E-state index contributed by atoms with van der Waals surface area (Å²) in [6.45, 7) is 2.01. The highest BCUT2D eigenvalue weighted by Crippen LogP contribution is 2.57. The molecule has 2 saturated carbocycles. The molecule has 0 heterocycles. The highest BCUT2D eigenvalue weighted by atomic mass is 19.4. The van der Waals surface area contributed by atoms with Crippen molar-refractivity contribution in [1.82, 2.24) is 0 Å². The van der Waals surface area contributed by atoms with E-state index >= 15 is 0 Å². The Morgan fingerprint density at radius 2 is 1.88 bits per heavy atom. The van der Waals surface area contributed by atoms with Crippen molar-refractivity contribution >= 4 is 0 Å². The molecule has 0 radical (unpaired) electrons. The van der Waals surface area contributed by atoms with Crippen LogP contribution >= 0.6 is 0 Å². The Labute approximate surface area is 96.4 Å². The van der Waals surface area contributed by atoms with Crippen LogP contribution in [-0.4, -0.2) is 17.0 Å². The van der Waals surface area contributed by atoms with Gasteiger partial charge in [-0.2, -0.15) is 13.2 Å². The summed E-state index contributed by atoms with van der Waals surface area (Å²) in [5.74, 6) is -0.556. The number of rotatable bonds is 2. The number of hydrogen-bond acceptors (Lipinski definition) is 2. The molecule has 1 N–H and O–H groups in total. The topological polar surface area (TPSA) is 69.0 Å². The molecule has 96 valence electrons. The lowest BCUT2D eigenvalue weighted by Gasteiger charge is -2.37. The standard InChI is InChI=1S/C10H14F3N3O/c1-5-2-7-3-6(5)4-8(7)9(17,15-16-14)10(11,12)13/h5-8,17H,2-4H2,1H3/t5-,6?,7?,8?,9?/m1/s1. The van der Waals surface area contributed by atoms with Crippen LogP contribution in [0.15, 0.2) is 5.11 Å². The maximum absolute atomic E-state index is 12.8. The van der Waals surface area contributed by atoms with Crippen molar-refractivity contribution < 1.29 is 18.3 Å². The van der Waals surface area contributed by atoms with E-state index in [4.69, 9.17) is 5.53 Å². The van der Waals surface area contributed by atoms with E-state index in [1.54, 1.807) is 0 Å². The zero-order valence-corrected chi connectivity index (χ0v) is 9.35. The van der Waals surface area contributed by atoms with E-state index in [1.165, 1.54) is 0 Å². The summed E-state index contributed by atoms with van der Waals surface area (Å²) in [4.78, 5) is 2.18. The van der Waals surface area contributed by atoms with Gasteiger partial charge >= 0.3 is 6.18 Å². The average molecular weight is 249 g/mol. The quantitative estimate of drug-likeness (QED) is 0.455. The minimum absolute atomic E-state index is 0.188. The van der Waals surface area contributed by atoms with E-state index in [1.807, 2.05) is 6.92 Å². The van der Waals surface area contributed by atoms with Gasteiger partial charge in [0.05, 0.1) is 0 Å². The van der Waals surface area contributed by atoms with Crippen molar-refractivity contribution in [3.8, 4) is 0 Å². The van der Waals surface area contributed by atoms with E-state index < -0.39 is 17.8 Å². The van der Waals surface area contributed by atoms with Gasteiger partial charge in [-0.25, -0.2) is 0 Å². The summed E-state index contributed by atoms with van der Waals surface area (Å²) in [5, 5.41) is 12.4. The number of alkyl halides is 3. The molecule has 0 aromatic heterocycles. The third kappa shape index (κ3) is 1.77. The molecule has 4 unspecified atom stereocenters. The molecule has 2 aliphatic carbocycles. The second-order valence-corrected chi connectivity index (χ2v) is 5.22. The van der Waals surface area contributed by atoms with Gasteiger partial charge in [-0.15, -0.1) is 0 Å². The Bertz CT molecular complexity index is 364. The van der Waals surface area contributed by atoms with E-state index in [0.717, 1.165) is 0 Å². The first-order chi connectivity index (χ1) is 7.79. The second kappa shape index (κ2) is 3.78. The molecule has 2 bridgehead atoms. The van der Waals surface area contributed by atoms with Gasteiger partial charge in [-0.1, -0.05) is 6.92 Å². The minimum atomic E-state index is -4.91. The zero-order valence-electron chi connectivity index (χ0n) is 9.35. The Kier molecular flexibility index (Phi) is 2.78. The smallest absolute Gasteiger partial charge is 0.376 e. The van der Waals surface area contributed by atoms with Crippen LogP contribution in [-0.2, 0) is 0 Å². The molecule has 17 heavy (non-hydrogen) atoms. The third-order valence-electron chi connectivity index (χ3n) is 4.34. The molecule has 5 atom stereocenters. The van der Waals surface area contributed by atoms with Gasteiger partial charge in [-0.3, -0.25) is 0 Å². The number of nitrogens with zero attached hydrogens (tertiary/aromatic N) is 3. The maximum atomic E-state index is 12.8. The third-order valence-corrected chi connectivity index (χ3v) is 4.34. The molecule has 0 aliphatic heterocycles. The second-order valence-electron chi connectivity index (χ2n) is 5.22. The van der Waals surface area contributed by atoms with Gasteiger partial charge in [0.2, 0.25) is 5.72 Å². The monoisotopic (exact) mass is 249 g/mol. The zero-order chi connectivity index (χ0) is 12.8. The maximum Gasteiger partial charge on any atom is 0.423 e. The normalized spacial score (nSPS) is 39.8. The van der Waals surface area contributed by atoms with E-state index in [0.29, 0.717) is 25.2 Å². The van der Waals surface area contributed by atoms with Gasteiger partial charge in [0.15, 0.2) is 0 Å². The summed E-state index contributed by atoms with van der Waals surface area (Å²) in [6, 6.07) is 0. The highest BCUT2D eigenvalue weighted by molar-refractivity contribution is 5.03. The first-order valence-corrected chi connectivity index (χ1v) is 5.65. The number of aliphatic hydroxyl groups is 1. The van der Waals surface area contributed by atoms with E-state index in [2.05, 4.69) is 10.0 Å². The molecule has 2 fully saturated rings. The van der Waals surface area contributed by atoms with Crippen LogP contribution < -0.4 is 0 Å². The molecular weight excluding hydrogens is 235 g/mol. The van der Waals surface area contributed by atoms with Crippen molar-refractivity contribution in [2.75, 3.05) is 0 Å². The summed E-state index contributed by atoms with van der Waals surface area (Å²) in [5.41, 5.74) is 5.01.